The summed E-state index contributed by atoms with van der Waals surface area (Å²) in [6, 6.07) is 12.2. The number of hydrogen-bond acceptors (Lipinski definition) is 6. The van der Waals surface area contributed by atoms with Gasteiger partial charge >= 0.3 is 0 Å². The van der Waals surface area contributed by atoms with Crippen LogP contribution in [0.15, 0.2) is 55.1 Å². The Labute approximate surface area is 199 Å². The van der Waals surface area contributed by atoms with Crippen molar-refractivity contribution in [2.24, 2.45) is 0 Å². The number of aromatic nitrogens is 3. The topological polar surface area (TPSA) is 74.9 Å². The van der Waals surface area contributed by atoms with E-state index in [9.17, 15) is 9.65 Å². The van der Waals surface area contributed by atoms with E-state index < -0.39 is 17.6 Å². The minimum Gasteiger partial charge on any atom is -0.378 e. The highest BCUT2D eigenvalue weighted by atomic mass is 35.5. The monoisotopic (exact) mass is 477 g/mol. The zero-order valence-corrected chi connectivity index (χ0v) is 18.6. The van der Waals surface area contributed by atoms with Crippen LogP contribution in [0.1, 0.15) is 17.0 Å². The number of nitriles is 1. The van der Waals surface area contributed by atoms with Gasteiger partial charge in [0.05, 0.1) is 47.6 Å². The third kappa shape index (κ3) is 4.04. The molecular formula is C25H18ClF2N5O. The number of fused-ring (bicyclic) bond motifs is 1. The van der Waals surface area contributed by atoms with E-state index in [1.807, 2.05) is 18.2 Å². The minimum atomic E-state index is -0.934. The van der Waals surface area contributed by atoms with Crippen molar-refractivity contribution in [1.82, 2.24) is 15.0 Å². The maximum atomic E-state index is 15.0. The van der Waals surface area contributed by atoms with Gasteiger partial charge in [0.1, 0.15) is 12.1 Å². The molecule has 1 aliphatic heterocycles. The van der Waals surface area contributed by atoms with Crippen molar-refractivity contribution in [3.8, 4) is 17.3 Å². The van der Waals surface area contributed by atoms with Gasteiger partial charge in [-0.15, -0.1) is 0 Å². The lowest BCUT2D eigenvalue weighted by atomic mass is 9.91. The molecule has 170 valence electrons. The van der Waals surface area contributed by atoms with Gasteiger partial charge in [-0.25, -0.2) is 18.7 Å². The second-order valence-electron chi connectivity index (χ2n) is 7.85. The van der Waals surface area contributed by atoms with Crippen LogP contribution >= 0.6 is 11.6 Å². The largest absolute Gasteiger partial charge is 0.378 e. The van der Waals surface area contributed by atoms with Crippen molar-refractivity contribution < 1.29 is 13.5 Å². The number of morpholine rings is 1. The smallest absolute Gasteiger partial charge is 0.160 e. The molecule has 0 N–H and O–H groups in total. The second-order valence-corrected chi connectivity index (χ2v) is 8.23. The zero-order valence-electron chi connectivity index (χ0n) is 17.9. The molecule has 0 aliphatic carbocycles. The Morgan fingerprint density at radius 2 is 1.85 bits per heavy atom. The van der Waals surface area contributed by atoms with E-state index in [0.717, 1.165) is 25.0 Å². The number of hydrogen-bond donors (Lipinski definition) is 0. The van der Waals surface area contributed by atoms with Crippen LogP contribution in [0.3, 0.4) is 0 Å². The van der Waals surface area contributed by atoms with Crippen LogP contribution in [0.25, 0.3) is 22.2 Å². The van der Waals surface area contributed by atoms with Crippen LogP contribution in [0.4, 0.5) is 14.5 Å². The summed E-state index contributed by atoms with van der Waals surface area (Å²) in [5.41, 5.74) is 2.96. The molecule has 1 aliphatic rings. The lowest BCUT2D eigenvalue weighted by Gasteiger charge is -2.29. The quantitative estimate of drug-likeness (QED) is 0.406. The fourth-order valence-corrected chi connectivity index (χ4v) is 4.35. The first-order chi connectivity index (χ1) is 16.6. The number of halogens is 3. The molecule has 6 nitrogen and oxygen atoms in total. The molecule has 1 saturated heterocycles. The predicted molar refractivity (Wildman–Crippen MR) is 125 cm³/mol. The molecule has 0 saturated carbocycles. The number of nitrogens with zero attached hydrogens (tertiary/aromatic N) is 5. The van der Waals surface area contributed by atoms with Gasteiger partial charge in [0.15, 0.2) is 5.82 Å². The first kappa shape index (κ1) is 22.1. The van der Waals surface area contributed by atoms with Gasteiger partial charge in [-0.1, -0.05) is 17.7 Å². The number of ether oxygens (including phenoxy) is 1. The molecule has 1 atom stereocenters. The molecule has 34 heavy (non-hydrogen) atoms. The van der Waals surface area contributed by atoms with Gasteiger partial charge in [-0.05, 0) is 35.9 Å². The first-order valence-corrected chi connectivity index (χ1v) is 11.0. The summed E-state index contributed by atoms with van der Waals surface area (Å²) >= 11 is 6.09. The third-order valence-corrected chi connectivity index (χ3v) is 6.28. The summed E-state index contributed by atoms with van der Waals surface area (Å²) in [7, 11) is 0. The summed E-state index contributed by atoms with van der Waals surface area (Å²) in [5.74, 6) is -2.16. The summed E-state index contributed by atoms with van der Waals surface area (Å²) in [4.78, 5) is 14.7. The minimum absolute atomic E-state index is 0.185. The molecule has 2 aromatic heterocycles. The van der Waals surface area contributed by atoms with Crippen molar-refractivity contribution in [1.29, 1.82) is 5.26 Å². The first-order valence-electron chi connectivity index (χ1n) is 10.6. The summed E-state index contributed by atoms with van der Waals surface area (Å²) in [5, 5.41) is 10.3. The Balaban J connectivity index is 1.59. The van der Waals surface area contributed by atoms with E-state index in [0.29, 0.717) is 35.4 Å². The van der Waals surface area contributed by atoms with E-state index in [1.54, 1.807) is 6.07 Å². The maximum Gasteiger partial charge on any atom is 0.160 e. The van der Waals surface area contributed by atoms with Crippen molar-refractivity contribution >= 4 is 28.2 Å². The van der Waals surface area contributed by atoms with E-state index in [2.05, 4.69) is 25.9 Å². The van der Waals surface area contributed by atoms with Gasteiger partial charge in [0.2, 0.25) is 0 Å². The van der Waals surface area contributed by atoms with E-state index in [4.69, 9.17) is 16.3 Å². The lowest BCUT2D eigenvalue weighted by Crippen LogP contribution is -2.36. The second kappa shape index (κ2) is 9.29. The normalized spacial score (nSPS) is 14.7. The van der Waals surface area contributed by atoms with Crippen LogP contribution in [0.5, 0.6) is 0 Å². The van der Waals surface area contributed by atoms with Crippen molar-refractivity contribution in [2.75, 3.05) is 31.2 Å². The number of benzene rings is 2. The Kier molecular flexibility index (Phi) is 6.05. The van der Waals surface area contributed by atoms with Crippen LogP contribution in [-0.4, -0.2) is 41.3 Å². The molecule has 0 spiro atoms. The fraction of sp³-hybridized carbons (Fsp3) is 0.200. The Morgan fingerprint density at radius 1 is 1.03 bits per heavy atom. The van der Waals surface area contributed by atoms with Gasteiger partial charge < -0.3 is 9.64 Å². The molecule has 0 radical (unpaired) electrons. The average molecular weight is 478 g/mol. The molecule has 2 aromatic carbocycles. The summed E-state index contributed by atoms with van der Waals surface area (Å²) in [6.07, 6.45) is 3.71. The van der Waals surface area contributed by atoms with Crippen LogP contribution in [0, 0.1) is 23.0 Å². The Bertz CT molecular complexity index is 1420. The maximum absolute atomic E-state index is 15.0. The molecular weight excluding hydrogens is 460 g/mol. The molecule has 1 unspecified atom stereocenters. The number of rotatable bonds is 4. The van der Waals surface area contributed by atoms with Gasteiger partial charge in [0.25, 0.3) is 0 Å². The summed E-state index contributed by atoms with van der Waals surface area (Å²) < 4.78 is 34.4. The molecule has 3 heterocycles. The highest BCUT2D eigenvalue weighted by Gasteiger charge is 2.22. The molecule has 1 fully saturated rings. The van der Waals surface area contributed by atoms with E-state index >= 15 is 4.39 Å². The van der Waals surface area contributed by atoms with Gasteiger partial charge in [-0.2, -0.15) is 5.26 Å². The number of pyridine rings is 1. The highest BCUT2D eigenvalue weighted by Crippen LogP contribution is 2.35. The standard InChI is InChI=1S/C25H18ClF2N5O/c26-24-20(12-30-13-22(24)28)19(11-29)15-1-4-21(27)18(9-15)25-17-3-2-16(10-23(17)31-14-32-25)33-5-7-34-8-6-33/h1-4,9-10,12-14,19H,5-8H2. The molecule has 5 rings (SSSR count). The summed E-state index contributed by atoms with van der Waals surface area (Å²) in [6.45, 7) is 2.90. The SMILES string of the molecule is N#CC(c1ccc(F)c(-c2ncnc3cc(N4CCOCC4)ccc23)c1)c1cncc(F)c1Cl. The molecule has 0 bridgehead atoms. The fourth-order valence-electron chi connectivity index (χ4n) is 4.14. The molecule has 9 heteroatoms. The van der Waals surface area contributed by atoms with Crippen LogP contribution in [0.2, 0.25) is 5.02 Å². The Morgan fingerprint density at radius 3 is 2.65 bits per heavy atom. The van der Waals surface area contributed by atoms with Crippen molar-refractivity contribution in [2.45, 2.75) is 5.92 Å². The molecule has 0 amide bonds. The third-order valence-electron chi connectivity index (χ3n) is 5.88. The van der Waals surface area contributed by atoms with E-state index in [-0.39, 0.29) is 16.1 Å². The van der Waals surface area contributed by atoms with Gasteiger partial charge in [-0.3, -0.25) is 4.98 Å². The predicted octanol–water partition coefficient (Wildman–Crippen LogP) is 5.12. The Hall–Kier alpha value is -3.67. The zero-order chi connectivity index (χ0) is 23.7. The highest BCUT2D eigenvalue weighted by molar-refractivity contribution is 6.31. The average Bonchev–Trinajstić information content (AvgIpc) is 2.88. The number of anilines is 1. The van der Waals surface area contributed by atoms with Crippen LogP contribution in [-0.2, 0) is 4.74 Å². The van der Waals surface area contributed by atoms with E-state index in [1.165, 1.54) is 24.7 Å². The van der Waals surface area contributed by atoms with Crippen molar-refractivity contribution in [3.63, 3.8) is 0 Å². The van der Waals surface area contributed by atoms with Crippen LogP contribution < -0.4 is 4.90 Å². The van der Waals surface area contributed by atoms with Gasteiger partial charge in [0, 0.05) is 41.5 Å². The lowest BCUT2D eigenvalue weighted by molar-refractivity contribution is 0.122. The van der Waals surface area contributed by atoms with Crippen molar-refractivity contribution in [3.05, 3.63) is 82.9 Å². The molecule has 4 aromatic rings.